The molecule has 0 aliphatic carbocycles. The summed E-state index contributed by atoms with van der Waals surface area (Å²) in [6.45, 7) is 4.39. The normalized spacial score (nSPS) is 18.3. The molecule has 1 heterocycles. The van der Waals surface area contributed by atoms with Gasteiger partial charge in [0.25, 0.3) is 0 Å². The number of methoxy groups -OCH3 is 1. The second kappa shape index (κ2) is 9.60. The van der Waals surface area contributed by atoms with Crippen molar-refractivity contribution in [3.63, 3.8) is 0 Å². The molecule has 23 heavy (non-hydrogen) atoms. The highest BCUT2D eigenvalue weighted by Gasteiger charge is 2.30. The molecule has 2 rings (SSSR count). The van der Waals surface area contributed by atoms with Gasteiger partial charge < -0.3 is 15.4 Å². The van der Waals surface area contributed by atoms with Crippen LogP contribution in [0.2, 0.25) is 0 Å². The highest BCUT2D eigenvalue weighted by molar-refractivity contribution is 5.82. The van der Waals surface area contributed by atoms with Gasteiger partial charge in [0.05, 0.1) is 12.6 Å². The Kier molecular flexibility index (Phi) is 7.45. The van der Waals surface area contributed by atoms with Crippen molar-refractivity contribution in [3.8, 4) is 0 Å². The first kappa shape index (κ1) is 17.8. The minimum Gasteiger partial charge on any atom is -0.383 e. The van der Waals surface area contributed by atoms with E-state index in [0.29, 0.717) is 19.7 Å². The fourth-order valence-electron chi connectivity index (χ4n) is 2.83. The molecule has 1 aliphatic heterocycles. The Morgan fingerprint density at radius 2 is 2.09 bits per heavy atom. The third-order valence-electron chi connectivity index (χ3n) is 4.05. The molecule has 1 aromatic rings. The fraction of sp³-hybridized carbons (Fsp3) is 0.588. The summed E-state index contributed by atoms with van der Waals surface area (Å²) in [7, 11) is 1.67. The average Bonchev–Trinajstić information content (AvgIpc) is 3.01. The lowest BCUT2D eigenvalue weighted by Gasteiger charge is -2.23. The summed E-state index contributed by atoms with van der Waals surface area (Å²) in [4.78, 5) is 14.5. The molecule has 0 bridgehead atoms. The molecular weight excluding hydrogens is 297 g/mol. The van der Waals surface area contributed by atoms with Crippen LogP contribution in [0.4, 0.5) is 4.39 Å². The first-order valence-corrected chi connectivity index (χ1v) is 8.16. The van der Waals surface area contributed by atoms with Crippen LogP contribution in [-0.2, 0) is 16.1 Å². The van der Waals surface area contributed by atoms with E-state index in [1.54, 1.807) is 19.2 Å². The Morgan fingerprint density at radius 1 is 1.30 bits per heavy atom. The topological polar surface area (TPSA) is 53.6 Å². The molecule has 0 saturated carbocycles. The number of halogens is 1. The Morgan fingerprint density at radius 3 is 2.83 bits per heavy atom. The second-order valence-electron chi connectivity index (χ2n) is 5.79. The summed E-state index contributed by atoms with van der Waals surface area (Å²) in [6, 6.07) is 6.40. The summed E-state index contributed by atoms with van der Waals surface area (Å²) in [5.41, 5.74) is 1.03. The summed E-state index contributed by atoms with van der Waals surface area (Å²) in [6.07, 6.45) is 1.90. The molecule has 1 unspecified atom stereocenters. The number of rotatable bonds is 9. The van der Waals surface area contributed by atoms with Gasteiger partial charge in [-0.3, -0.25) is 9.69 Å². The van der Waals surface area contributed by atoms with Gasteiger partial charge in [-0.15, -0.1) is 0 Å². The first-order chi connectivity index (χ1) is 11.2. The van der Waals surface area contributed by atoms with Gasteiger partial charge in [0.15, 0.2) is 0 Å². The molecule has 0 radical (unpaired) electrons. The van der Waals surface area contributed by atoms with Crippen LogP contribution in [0.15, 0.2) is 24.3 Å². The van der Waals surface area contributed by atoms with Gasteiger partial charge in [-0.1, -0.05) is 12.1 Å². The van der Waals surface area contributed by atoms with Crippen molar-refractivity contribution >= 4 is 5.91 Å². The third-order valence-corrected chi connectivity index (χ3v) is 4.05. The maximum atomic E-state index is 13.0. The maximum absolute atomic E-state index is 13.0. The molecule has 0 aromatic heterocycles. The van der Waals surface area contributed by atoms with Crippen LogP contribution in [0.1, 0.15) is 18.4 Å². The highest BCUT2D eigenvalue weighted by atomic mass is 19.1. The standard InChI is InChI=1S/C17H26FN3O2/c1-23-12-10-19-8-9-20-17(22)16-3-2-11-21(16)13-14-4-6-15(18)7-5-14/h4-7,16,19H,2-3,8-13H2,1H3,(H,20,22). The van der Waals surface area contributed by atoms with Gasteiger partial charge in [0.1, 0.15) is 5.82 Å². The number of ether oxygens (including phenoxy) is 1. The first-order valence-electron chi connectivity index (χ1n) is 8.16. The number of hydrogen-bond donors (Lipinski definition) is 2. The molecule has 1 atom stereocenters. The summed E-state index contributed by atoms with van der Waals surface area (Å²) in [5, 5.41) is 6.18. The Balaban J connectivity index is 1.74. The predicted molar refractivity (Wildman–Crippen MR) is 87.6 cm³/mol. The number of amides is 1. The number of carbonyl (C=O) groups is 1. The van der Waals surface area contributed by atoms with Crippen LogP contribution in [0.3, 0.4) is 0 Å². The SMILES string of the molecule is COCCNCCNC(=O)C1CCCN1Cc1ccc(F)cc1. The quantitative estimate of drug-likeness (QED) is 0.669. The highest BCUT2D eigenvalue weighted by Crippen LogP contribution is 2.20. The van der Waals surface area contributed by atoms with E-state index in [-0.39, 0.29) is 17.8 Å². The summed E-state index contributed by atoms with van der Waals surface area (Å²) >= 11 is 0. The van der Waals surface area contributed by atoms with E-state index in [9.17, 15) is 9.18 Å². The smallest absolute Gasteiger partial charge is 0.237 e. The van der Waals surface area contributed by atoms with Crippen LogP contribution in [0.5, 0.6) is 0 Å². The van der Waals surface area contributed by atoms with Gasteiger partial charge in [-0.05, 0) is 37.1 Å². The average molecular weight is 323 g/mol. The molecule has 6 heteroatoms. The van der Waals surface area contributed by atoms with Gasteiger partial charge in [-0.25, -0.2) is 4.39 Å². The molecule has 1 saturated heterocycles. The molecule has 2 N–H and O–H groups in total. The number of nitrogens with one attached hydrogen (secondary N) is 2. The van der Waals surface area contributed by atoms with Crippen molar-refractivity contribution in [2.24, 2.45) is 0 Å². The monoisotopic (exact) mass is 323 g/mol. The molecule has 0 spiro atoms. The number of carbonyl (C=O) groups excluding carboxylic acids is 1. The van der Waals surface area contributed by atoms with Crippen LogP contribution in [0.25, 0.3) is 0 Å². The molecule has 1 fully saturated rings. The van der Waals surface area contributed by atoms with Crippen molar-refractivity contribution in [1.82, 2.24) is 15.5 Å². The molecule has 1 aromatic carbocycles. The zero-order valence-electron chi connectivity index (χ0n) is 13.7. The zero-order chi connectivity index (χ0) is 16.5. The fourth-order valence-corrected chi connectivity index (χ4v) is 2.83. The van der Waals surface area contributed by atoms with E-state index < -0.39 is 0 Å². The Hall–Kier alpha value is -1.50. The van der Waals surface area contributed by atoms with Crippen molar-refractivity contribution < 1.29 is 13.9 Å². The van der Waals surface area contributed by atoms with Crippen LogP contribution >= 0.6 is 0 Å². The van der Waals surface area contributed by atoms with Gasteiger partial charge >= 0.3 is 0 Å². The van der Waals surface area contributed by atoms with E-state index in [0.717, 1.165) is 38.0 Å². The number of nitrogens with zero attached hydrogens (tertiary/aromatic N) is 1. The lowest BCUT2D eigenvalue weighted by atomic mass is 10.1. The molecular formula is C17H26FN3O2. The number of likely N-dealkylation sites (tertiary alicyclic amines) is 1. The molecule has 128 valence electrons. The predicted octanol–water partition coefficient (Wildman–Crippen LogP) is 1.14. The van der Waals surface area contributed by atoms with E-state index in [1.165, 1.54) is 12.1 Å². The van der Waals surface area contributed by atoms with E-state index in [1.807, 2.05) is 0 Å². The molecule has 1 aliphatic rings. The third kappa shape index (κ3) is 5.89. The second-order valence-corrected chi connectivity index (χ2v) is 5.79. The maximum Gasteiger partial charge on any atom is 0.237 e. The largest absolute Gasteiger partial charge is 0.383 e. The lowest BCUT2D eigenvalue weighted by molar-refractivity contribution is -0.125. The summed E-state index contributed by atoms with van der Waals surface area (Å²) in [5.74, 6) is -0.149. The van der Waals surface area contributed by atoms with Crippen LogP contribution in [-0.4, -0.2) is 56.7 Å². The Bertz CT molecular complexity index is 481. The zero-order valence-corrected chi connectivity index (χ0v) is 13.7. The number of benzene rings is 1. The van der Waals surface area contributed by atoms with Crippen molar-refractivity contribution in [1.29, 1.82) is 0 Å². The van der Waals surface area contributed by atoms with E-state index in [4.69, 9.17) is 4.74 Å². The molecule has 1 amide bonds. The van der Waals surface area contributed by atoms with Gasteiger partial charge in [0, 0.05) is 33.3 Å². The van der Waals surface area contributed by atoms with Crippen molar-refractivity contribution in [2.75, 3.05) is 39.9 Å². The van der Waals surface area contributed by atoms with Crippen molar-refractivity contribution in [2.45, 2.75) is 25.4 Å². The minimum atomic E-state index is -0.231. The van der Waals surface area contributed by atoms with Crippen molar-refractivity contribution in [3.05, 3.63) is 35.6 Å². The van der Waals surface area contributed by atoms with Crippen LogP contribution in [0, 0.1) is 5.82 Å². The molecule has 5 nitrogen and oxygen atoms in total. The van der Waals surface area contributed by atoms with E-state index >= 15 is 0 Å². The van der Waals surface area contributed by atoms with E-state index in [2.05, 4.69) is 15.5 Å². The van der Waals surface area contributed by atoms with Crippen LogP contribution < -0.4 is 10.6 Å². The number of hydrogen-bond acceptors (Lipinski definition) is 4. The minimum absolute atomic E-state index is 0.0816. The van der Waals surface area contributed by atoms with Gasteiger partial charge in [0.2, 0.25) is 5.91 Å². The summed E-state index contributed by atoms with van der Waals surface area (Å²) < 4.78 is 17.9. The Labute approximate surface area is 137 Å². The van der Waals surface area contributed by atoms with Gasteiger partial charge in [-0.2, -0.15) is 0 Å². The lowest BCUT2D eigenvalue weighted by Crippen LogP contribution is -2.44.